The summed E-state index contributed by atoms with van der Waals surface area (Å²) in [5, 5.41) is 3.15. The van der Waals surface area contributed by atoms with Crippen molar-refractivity contribution in [2.24, 2.45) is 0 Å². The van der Waals surface area contributed by atoms with Crippen molar-refractivity contribution >= 4 is 0 Å². The molecule has 2 nitrogen and oxygen atoms in total. The van der Waals surface area contributed by atoms with E-state index in [1.54, 1.807) is 6.07 Å². The molecule has 0 radical (unpaired) electrons. The lowest BCUT2D eigenvalue weighted by atomic mass is 9.96. The zero-order chi connectivity index (χ0) is 11.5. The van der Waals surface area contributed by atoms with Crippen LogP contribution in [0.15, 0.2) is 12.1 Å². The molecule has 1 fully saturated rings. The van der Waals surface area contributed by atoms with Crippen LogP contribution >= 0.6 is 0 Å². The Balaban J connectivity index is 2.33. The van der Waals surface area contributed by atoms with Gasteiger partial charge in [0.1, 0.15) is 0 Å². The van der Waals surface area contributed by atoms with E-state index in [2.05, 4.69) is 5.32 Å². The minimum absolute atomic E-state index is 0.0753. The first-order valence-corrected chi connectivity index (χ1v) is 5.40. The van der Waals surface area contributed by atoms with Gasteiger partial charge in [-0.1, -0.05) is 6.07 Å². The molecule has 1 N–H and O–H groups in total. The van der Waals surface area contributed by atoms with Gasteiger partial charge < -0.3 is 10.1 Å². The topological polar surface area (TPSA) is 21.3 Å². The Morgan fingerprint density at radius 2 is 2.25 bits per heavy atom. The Labute approximate surface area is 93.6 Å². The molecule has 1 unspecified atom stereocenters. The molecular weight excluding hydrogens is 212 g/mol. The quantitative estimate of drug-likeness (QED) is 0.854. The summed E-state index contributed by atoms with van der Waals surface area (Å²) in [4.78, 5) is 0. The molecule has 1 aromatic rings. The number of benzene rings is 1. The Bertz CT molecular complexity index is 376. The van der Waals surface area contributed by atoms with E-state index in [4.69, 9.17) is 4.74 Å². The summed E-state index contributed by atoms with van der Waals surface area (Å²) >= 11 is 0. The fourth-order valence-corrected chi connectivity index (χ4v) is 2.14. The standard InChI is InChI=1S/C12H15F2NO/c1-16-7-8-4-10(9-2-3-15-6-9)12(14)11(13)5-8/h4-5,9,15H,2-3,6-7H2,1H3. The Hall–Kier alpha value is -1.00. The van der Waals surface area contributed by atoms with Gasteiger partial charge in [0, 0.05) is 19.6 Å². The zero-order valence-corrected chi connectivity index (χ0v) is 9.22. The van der Waals surface area contributed by atoms with Gasteiger partial charge in [0.2, 0.25) is 0 Å². The van der Waals surface area contributed by atoms with Gasteiger partial charge >= 0.3 is 0 Å². The summed E-state index contributed by atoms with van der Waals surface area (Å²) in [7, 11) is 1.54. The number of halogens is 2. The second-order valence-corrected chi connectivity index (χ2v) is 4.10. The predicted octanol–water partition coefficient (Wildman–Crippen LogP) is 2.19. The highest BCUT2D eigenvalue weighted by Crippen LogP contribution is 2.27. The summed E-state index contributed by atoms with van der Waals surface area (Å²) in [6.45, 7) is 1.89. The van der Waals surface area contributed by atoms with Gasteiger partial charge in [0.05, 0.1) is 6.61 Å². The molecule has 1 atom stereocenters. The van der Waals surface area contributed by atoms with E-state index < -0.39 is 11.6 Å². The van der Waals surface area contributed by atoms with E-state index in [1.807, 2.05) is 0 Å². The molecule has 2 rings (SSSR count). The average Bonchev–Trinajstić information content (AvgIpc) is 2.76. The number of ether oxygens (including phenoxy) is 1. The van der Waals surface area contributed by atoms with Crippen LogP contribution in [0, 0.1) is 11.6 Å². The molecular formula is C12H15F2NO. The maximum atomic E-state index is 13.6. The van der Waals surface area contributed by atoms with Gasteiger partial charge in [-0.2, -0.15) is 0 Å². The molecule has 1 aliphatic heterocycles. The second kappa shape index (κ2) is 4.89. The van der Waals surface area contributed by atoms with Crippen molar-refractivity contribution in [3.05, 3.63) is 34.9 Å². The fourth-order valence-electron chi connectivity index (χ4n) is 2.14. The Kier molecular flexibility index (Phi) is 3.51. The number of hydrogen-bond donors (Lipinski definition) is 1. The zero-order valence-electron chi connectivity index (χ0n) is 9.22. The molecule has 1 aromatic carbocycles. The van der Waals surface area contributed by atoms with Crippen molar-refractivity contribution in [2.75, 3.05) is 20.2 Å². The van der Waals surface area contributed by atoms with Crippen LogP contribution < -0.4 is 5.32 Å². The lowest BCUT2D eigenvalue weighted by Crippen LogP contribution is -2.10. The molecule has 0 bridgehead atoms. The van der Waals surface area contributed by atoms with E-state index in [9.17, 15) is 8.78 Å². The van der Waals surface area contributed by atoms with Gasteiger partial charge in [-0.15, -0.1) is 0 Å². The van der Waals surface area contributed by atoms with E-state index in [0.29, 0.717) is 24.3 Å². The molecule has 1 heterocycles. The lowest BCUT2D eigenvalue weighted by Gasteiger charge is -2.12. The number of methoxy groups -OCH3 is 1. The van der Waals surface area contributed by atoms with Crippen molar-refractivity contribution in [1.82, 2.24) is 5.32 Å². The average molecular weight is 227 g/mol. The minimum atomic E-state index is -0.781. The van der Waals surface area contributed by atoms with Crippen molar-refractivity contribution in [2.45, 2.75) is 18.9 Å². The van der Waals surface area contributed by atoms with Crippen molar-refractivity contribution in [3.63, 3.8) is 0 Å². The number of hydrogen-bond acceptors (Lipinski definition) is 2. The predicted molar refractivity (Wildman–Crippen MR) is 57.3 cm³/mol. The molecule has 16 heavy (non-hydrogen) atoms. The Morgan fingerprint density at radius 3 is 2.88 bits per heavy atom. The van der Waals surface area contributed by atoms with Crippen LogP contribution in [-0.2, 0) is 11.3 Å². The van der Waals surface area contributed by atoms with Crippen LogP contribution in [0.2, 0.25) is 0 Å². The maximum Gasteiger partial charge on any atom is 0.162 e. The van der Waals surface area contributed by atoms with Crippen molar-refractivity contribution in [1.29, 1.82) is 0 Å². The van der Waals surface area contributed by atoms with Crippen molar-refractivity contribution in [3.8, 4) is 0 Å². The van der Waals surface area contributed by atoms with E-state index in [-0.39, 0.29) is 5.92 Å². The van der Waals surface area contributed by atoms with Gasteiger partial charge in [-0.25, -0.2) is 8.78 Å². The van der Waals surface area contributed by atoms with Gasteiger partial charge in [-0.05, 0) is 30.2 Å². The third kappa shape index (κ3) is 2.23. The maximum absolute atomic E-state index is 13.6. The molecule has 0 amide bonds. The molecule has 88 valence electrons. The first kappa shape index (κ1) is 11.5. The van der Waals surface area contributed by atoms with Crippen LogP contribution in [-0.4, -0.2) is 20.2 Å². The van der Waals surface area contributed by atoms with E-state index in [0.717, 1.165) is 13.0 Å². The van der Waals surface area contributed by atoms with Gasteiger partial charge in [0.15, 0.2) is 11.6 Å². The molecule has 4 heteroatoms. The van der Waals surface area contributed by atoms with E-state index in [1.165, 1.54) is 13.2 Å². The molecule has 1 saturated heterocycles. The second-order valence-electron chi connectivity index (χ2n) is 4.10. The number of rotatable bonds is 3. The molecule has 0 saturated carbocycles. The van der Waals surface area contributed by atoms with Crippen LogP contribution in [0.25, 0.3) is 0 Å². The highest BCUT2D eigenvalue weighted by Gasteiger charge is 2.22. The summed E-state index contributed by atoms with van der Waals surface area (Å²) in [6, 6.07) is 2.91. The molecule has 1 aliphatic rings. The van der Waals surface area contributed by atoms with Crippen molar-refractivity contribution < 1.29 is 13.5 Å². The summed E-state index contributed by atoms with van der Waals surface area (Å²) in [5.74, 6) is -1.42. The van der Waals surface area contributed by atoms with Crippen LogP contribution in [0.3, 0.4) is 0 Å². The number of nitrogens with one attached hydrogen (secondary N) is 1. The minimum Gasteiger partial charge on any atom is -0.380 e. The highest BCUT2D eigenvalue weighted by atomic mass is 19.2. The lowest BCUT2D eigenvalue weighted by molar-refractivity contribution is 0.184. The fraction of sp³-hybridized carbons (Fsp3) is 0.500. The third-order valence-corrected chi connectivity index (χ3v) is 2.93. The molecule has 0 aliphatic carbocycles. The monoisotopic (exact) mass is 227 g/mol. The molecule has 0 spiro atoms. The largest absolute Gasteiger partial charge is 0.380 e. The normalized spacial score (nSPS) is 20.3. The summed E-state index contributed by atoms with van der Waals surface area (Å²) in [5.41, 5.74) is 1.15. The third-order valence-electron chi connectivity index (χ3n) is 2.93. The van der Waals surface area contributed by atoms with Crippen LogP contribution in [0.1, 0.15) is 23.5 Å². The summed E-state index contributed by atoms with van der Waals surface area (Å²) < 4.78 is 31.9. The van der Waals surface area contributed by atoms with Crippen LogP contribution in [0.4, 0.5) is 8.78 Å². The first-order chi connectivity index (χ1) is 7.72. The Morgan fingerprint density at radius 1 is 1.44 bits per heavy atom. The van der Waals surface area contributed by atoms with Gasteiger partial charge in [-0.3, -0.25) is 0 Å². The van der Waals surface area contributed by atoms with E-state index >= 15 is 0 Å². The van der Waals surface area contributed by atoms with Gasteiger partial charge in [0.25, 0.3) is 0 Å². The summed E-state index contributed by atoms with van der Waals surface area (Å²) in [6.07, 6.45) is 0.854. The van der Waals surface area contributed by atoms with Crippen LogP contribution in [0.5, 0.6) is 0 Å². The SMILES string of the molecule is COCc1cc(F)c(F)c(C2CCNC2)c1. The smallest absolute Gasteiger partial charge is 0.162 e. The highest BCUT2D eigenvalue weighted by molar-refractivity contribution is 5.30. The first-order valence-electron chi connectivity index (χ1n) is 5.40. The molecule has 0 aromatic heterocycles.